The molecule has 3 rings (SSSR count). The van der Waals surface area contributed by atoms with Gasteiger partial charge < -0.3 is 14.8 Å². The van der Waals surface area contributed by atoms with E-state index in [0.717, 1.165) is 23.9 Å². The molecule has 2 aliphatic heterocycles. The summed E-state index contributed by atoms with van der Waals surface area (Å²) >= 11 is 3.32. The van der Waals surface area contributed by atoms with Crippen molar-refractivity contribution in [3.63, 3.8) is 0 Å². The molecule has 20 heavy (non-hydrogen) atoms. The van der Waals surface area contributed by atoms with Gasteiger partial charge in [0, 0.05) is 23.1 Å². The minimum atomic E-state index is -0.384. The maximum atomic E-state index is 11.8. The van der Waals surface area contributed by atoms with E-state index in [-0.39, 0.29) is 5.97 Å². The summed E-state index contributed by atoms with van der Waals surface area (Å²) in [4.78, 5) is 16.0. The molecule has 2 bridgehead atoms. The molecule has 2 fully saturated rings. The minimum Gasteiger partial charge on any atom is -0.465 e. The first-order chi connectivity index (χ1) is 9.67. The Hall–Kier alpha value is -1.14. The SMILES string of the molecule is COC(=O)c1cc(Br)cnc1NC[C@@H]1C[C@@H]2CC[C@H]1O2. The quantitative estimate of drug-likeness (QED) is 0.853. The van der Waals surface area contributed by atoms with Gasteiger partial charge in [-0.15, -0.1) is 0 Å². The second kappa shape index (κ2) is 5.69. The van der Waals surface area contributed by atoms with Crippen LogP contribution in [0.5, 0.6) is 0 Å². The number of halogens is 1. The number of carbonyl (C=O) groups excluding carboxylic acids is 1. The number of pyridine rings is 1. The highest BCUT2D eigenvalue weighted by atomic mass is 79.9. The van der Waals surface area contributed by atoms with Crippen LogP contribution in [0.15, 0.2) is 16.7 Å². The topological polar surface area (TPSA) is 60.5 Å². The number of anilines is 1. The molecule has 0 aromatic carbocycles. The maximum absolute atomic E-state index is 11.8. The number of hydrogen-bond donors (Lipinski definition) is 1. The van der Waals surface area contributed by atoms with E-state index in [4.69, 9.17) is 9.47 Å². The van der Waals surface area contributed by atoms with Crippen molar-refractivity contribution in [1.82, 2.24) is 4.98 Å². The lowest BCUT2D eigenvalue weighted by Crippen LogP contribution is -2.25. The first kappa shape index (κ1) is 13.8. The van der Waals surface area contributed by atoms with Crippen molar-refractivity contribution in [1.29, 1.82) is 0 Å². The Labute approximate surface area is 126 Å². The maximum Gasteiger partial charge on any atom is 0.341 e. The van der Waals surface area contributed by atoms with Gasteiger partial charge in [-0.3, -0.25) is 0 Å². The van der Waals surface area contributed by atoms with Crippen molar-refractivity contribution in [2.75, 3.05) is 19.0 Å². The fraction of sp³-hybridized carbons (Fsp3) is 0.571. The van der Waals surface area contributed by atoms with Crippen molar-refractivity contribution < 1.29 is 14.3 Å². The summed E-state index contributed by atoms with van der Waals surface area (Å²) in [6.45, 7) is 0.778. The van der Waals surface area contributed by atoms with Crippen molar-refractivity contribution >= 4 is 27.7 Å². The molecule has 3 heterocycles. The third-order valence-electron chi connectivity index (χ3n) is 4.02. The molecular weight excluding hydrogens is 324 g/mol. The summed E-state index contributed by atoms with van der Waals surface area (Å²) < 4.78 is 11.4. The van der Waals surface area contributed by atoms with E-state index in [9.17, 15) is 4.79 Å². The van der Waals surface area contributed by atoms with E-state index in [1.807, 2.05) is 0 Å². The first-order valence-electron chi connectivity index (χ1n) is 6.80. The van der Waals surface area contributed by atoms with Gasteiger partial charge in [0.15, 0.2) is 0 Å². The number of aromatic nitrogens is 1. The Bertz CT molecular complexity index is 523. The van der Waals surface area contributed by atoms with Gasteiger partial charge in [0.05, 0.1) is 19.3 Å². The average Bonchev–Trinajstić information content (AvgIpc) is 3.07. The zero-order chi connectivity index (χ0) is 14.1. The van der Waals surface area contributed by atoms with Crippen LogP contribution in [0.25, 0.3) is 0 Å². The van der Waals surface area contributed by atoms with Crippen molar-refractivity contribution in [3.8, 4) is 0 Å². The molecular formula is C14H17BrN2O3. The second-order valence-electron chi connectivity index (χ2n) is 5.29. The lowest BCUT2D eigenvalue weighted by Gasteiger charge is -2.19. The summed E-state index contributed by atoms with van der Waals surface area (Å²) in [5.74, 6) is 0.693. The standard InChI is InChI=1S/C14H17BrN2O3/c1-19-14(18)11-5-9(15)7-17-13(11)16-6-8-4-10-2-3-12(8)20-10/h5,7-8,10,12H,2-4,6H2,1H3,(H,16,17)/t8-,10-,12+/m0/s1. The van der Waals surface area contributed by atoms with E-state index < -0.39 is 0 Å². The predicted octanol–water partition coefficient (Wildman–Crippen LogP) is 2.61. The van der Waals surface area contributed by atoms with E-state index in [0.29, 0.717) is 29.5 Å². The van der Waals surface area contributed by atoms with Crippen LogP contribution in [0.3, 0.4) is 0 Å². The van der Waals surface area contributed by atoms with Crippen molar-refractivity contribution in [2.45, 2.75) is 31.5 Å². The van der Waals surface area contributed by atoms with Gasteiger partial charge in [0.25, 0.3) is 0 Å². The zero-order valence-corrected chi connectivity index (χ0v) is 12.9. The predicted molar refractivity (Wildman–Crippen MR) is 77.8 cm³/mol. The fourth-order valence-electron chi connectivity index (χ4n) is 3.03. The number of fused-ring (bicyclic) bond motifs is 2. The van der Waals surface area contributed by atoms with Gasteiger partial charge >= 0.3 is 5.97 Å². The summed E-state index contributed by atoms with van der Waals surface area (Å²) in [7, 11) is 1.37. The van der Waals surface area contributed by atoms with Gasteiger partial charge in [-0.2, -0.15) is 0 Å². The highest BCUT2D eigenvalue weighted by Crippen LogP contribution is 2.38. The summed E-state index contributed by atoms with van der Waals surface area (Å²) in [6, 6.07) is 1.72. The highest BCUT2D eigenvalue weighted by Gasteiger charge is 2.40. The number of methoxy groups -OCH3 is 1. The molecule has 1 aromatic heterocycles. The second-order valence-corrected chi connectivity index (χ2v) is 6.21. The zero-order valence-electron chi connectivity index (χ0n) is 11.3. The Balaban J connectivity index is 1.69. The summed E-state index contributed by atoms with van der Waals surface area (Å²) in [6.07, 6.45) is 5.90. The van der Waals surface area contributed by atoms with Crippen molar-refractivity contribution in [2.24, 2.45) is 5.92 Å². The number of hydrogen-bond acceptors (Lipinski definition) is 5. The molecule has 1 N–H and O–H groups in total. The molecule has 0 unspecified atom stereocenters. The molecule has 0 spiro atoms. The van der Waals surface area contributed by atoms with E-state index in [2.05, 4.69) is 26.2 Å². The number of rotatable bonds is 4. The molecule has 5 nitrogen and oxygen atoms in total. The summed E-state index contributed by atoms with van der Waals surface area (Å²) in [5, 5.41) is 3.27. The van der Waals surface area contributed by atoms with Gasteiger partial charge in [-0.1, -0.05) is 0 Å². The molecule has 2 saturated heterocycles. The van der Waals surface area contributed by atoms with Crippen LogP contribution in [0.4, 0.5) is 5.82 Å². The largest absolute Gasteiger partial charge is 0.465 e. The summed E-state index contributed by atoms with van der Waals surface area (Å²) in [5.41, 5.74) is 0.450. The first-order valence-corrected chi connectivity index (χ1v) is 7.60. The lowest BCUT2D eigenvalue weighted by molar-refractivity contribution is 0.0601. The molecule has 3 atom stereocenters. The van der Waals surface area contributed by atoms with Crippen LogP contribution in [0, 0.1) is 5.92 Å². The molecule has 0 aliphatic carbocycles. The molecule has 0 amide bonds. The molecule has 0 radical (unpaired) electrons. The van der Waals surface area contributed by atoms with Gasteiger partial charge in [0.2, 0.25) is 0 Å². The molecule has 1 aromatic rings. The van der Waals surface area contributed by atoms with Crippen LogP contribution in [0.1, 0.15) is 29.6 Å². The molecule has 108 valence electrons. The van der Waals surface area contributed by atoms with Crippen LogP contribution in [-0.2, 0) is 9.47 Å². The normalized spacial score (nSPS) is 27.6. The highest BCUT2D eigenvalue weighted by molar-refractivity contribution is 9.10. The number of carbonyl (C=O) groups is 1. The number of ether oxygens (including phenoxy) is 2. The van der Waals surface area contributed by atoms with E-state index >= 15 is 0 Å². The Kier molecular flexibility index (Phi) is 3.94. The van der Waals surface area contributed by atoms with Crippen LogP contribution >= 0.6 is 15.9 Å². The van der Waals surface area contributed by atoms with Gasteiger partial charge in [-0.25, -0.2) is 9.78 Å². The monoisotopic (exact) mass is 340 g/mol. The van der Waals surface area contributed by atoms with Gasteiger partial charge in [0.1, 0.15) is 11.4 Å². The molecule has 2 aliphatic rings. The third kappa shape index (κ3) is 2.67. The number of nitrogens with one attached hydrogen (secondary N) is 1. The van der Waals surface area contributed by atoms with Crippen molar-refractivity contribution in [3.05, 3.63) is 22.3 Å². The molecule has 6 heteroatoms. The van der Waals surface area contributed by atoms with Gasteiger partial charge in [-0.05, 0) is 41.3 Å². The van der Waals surface area contributed by atoms with E-state index in [1.165, 1.54) is 13.5 Å². The Morgan fingerprint density at radius 2 is 2.45 bits per heavy atom. The smallest absolute Gasteiger partial charge is 0.341 e. The van der Waals surface area contributed by atoms with Crippen LogP contribution in [-0.4, -0.2) is 36.8 Å². The van der Waals surface area contributed by atoms with E-state index in [1.54, 1.807) is 12.3 Å². The average molecular weight is 341 g/mol. The Morgan fingerprint density at radius 3 is 3.10 bits per heavy atom. The Morgan fingerprint density at radius 1 is 1.60 bits per heavy atom. The van der Waals surface area contributed by atoms with Crippen LogP contribution in [0.2, 0.25) is 0 Å². The third-order valence-corrected chi connectivity index (χ3v) is 4.46. The number of esters is 1. The number of nitrogens with zero attached hydrogens (tertiary/aromatic N) is 1. The fourth-order valence-corrected chi connectivity index (χ4v) is 3.36. The van der Waals surface area contributed by atoms with Crippen LogP contribution < -0.4 is 5.32 Å². The molecule has 0 saturated carbocycles. The lowest BCUT2D eigenvalue weighted by atomic mass is 9.89. The minimum absolute atomic E-state index is 0.365.